The Bertz CT molecular complexity index is 937. The van der Waals surface area contributed by atoms with E-state index in [-0.39, 0.29) is 24.0 Å². The van der Waals surface area contributed by atoms with Crippen molar-refractivity contribution in [3.63, 3.8) is 0 Å². The summed E-state index contributed by atoms with van der Waals surface area (Å²) in [6, 6.07) is 13.0. The van der Waals surface area contributed by atoms with E-state index in [1.807, 2.05) is 49.4 Å². The number of carbonyl (C=O) groups is 2. The zero-order valence-electron chi connectivity index (χ0n) is 14.9. The molecule has 2 N–H and O–H groups in total. The second-order valence-corrected chi connectivity index (χ2v) is 6.75. The Morgan fingerprint density at radius 2 is 1.93 bits per heavy atom. The maximum atomic E-state index is 12.1. The minimum atomic E-state index is -0.355. The minimum absolute atomic E-state index is 0.0703. The van der Waals surface area contributed by atoms with Gasteiger partial charge < -0.3 is 9.15 Å². The van der Waals surface area contributed by atoms with E-state index < -0.39 is 0 Å². The maximum absolute atomic E-state index is 12.1. The number of aromatic nitrogens is 1. The molecule has 0 atom stereocenters. The number of nitrogens with zero attached hydrogens (tertiary/aromatic N) is 1. The van der Waals surface area contributed by atoms with Crippen LogP contribution in [0.4, 0.5) is 0 Å². The summed E-state index contributed by atoms with van der Waals surface area (Å²) < 4.78 is 10.8. The van der Waals surface area contributed by atoms with Crippen molar-refractivity contribution in [2.45, 2.75) is 18.6 Å². The molecule has 0 spiro atoms. The number of fused-ring (bicyclic) bond motifs is 1. The number of aryl methyl sites for hydroxylation is 1. The molecule has 8 heteroatoms. The molecule has 0 aliphatic rings. The largest absolute Gasteiger partial charge is 0.496 e. The van der Waals surface area contributed by atoms with Gasteiger partial charge in [-0.05, 0) is 25.1 Å². The molecule has 0 saturated carbocycles. The lowest BCUT2D eigenvalue weighted by molar-refractivity contribution is -0.127. The third-order valence-electron chi connectivity index (χ3n) is 3.73. The molecule has 0 fully saturated rings. The van der Waals surface area contributed by atoms with Gasteiger partial charge in [0.25, 0.3) is 5.22 Å². The van der Waals surface area contributed by atoms with Gasteiger partial charge >= 0.3 is 0 Å². The number of para-hydroxylation sites is 2. The highest BCUT2D eigenvalue weighted by Crippen LogP contribution is 2.23. The number of ether oxygens (including phenoxy) is 1. The van der Waals surface area contributed by atoms with Crippen LogP contribution in [0.15, 0.2) is 52.1 Å². The van der Waals surface area contributed by atoms with Crippen LogP contribution in [0.5, 0.6) is 5.75 Å². The van der Waals surface area contributed by atoms with Gasteiger partial charge in [-0.2, -0.15) is 0 Å². The molecule has 0 radical (unpaired) electrons. The first-order valence-corrected chi connectivity index (χ1v) is 9.23. The molecule has 2 aromatic carbocycles. The van der Waals surface area contributed by atoms with E-state index in [1.165, 1.54) is 0 Å². The van der Waals surface area contributed by atoms with E-state index in [4.69, 9.17) is 9.15 Å². The van der Waals surface area contributed by atoms with Gasteiger partial charge in [-0.15, -0.1) is 0 Å². The Hall–Kier alpha value is -3.00. The van der Waals surface area contributed by atoms with Crippen LogP contribution in [0.2, 0.25) is 0 Å². The normalized spacial score (nSPS) is 10.6. The predicted molar refractivity (Wildman–Crippen MR) is 102 cm³/mol. The average Bonchev–Trinajstić information content (AvgIpc) is 3.08. The van der Waals surface area contributed by atoms with Crippen LogP contribution in [0, 0.1) is 6.92 Å². The quantitative estimate of drug-likeness (QED) is 0.500. The Kier molecular flexibility index (Phi) is 5.97. The number of oxazole rings is 1. The highest BCUT2D eigenvalue weighted by Gasteiger charge is 2.12. The van der Waals surface area contributed by atoms with Crippen molar-refractivity contribution in [2.24, 2.45) is 0 Å². The Balaban J connectivity index is 1.47. The number of nitrogens with one attached hydrogen (secondary N) is 2. The molecule has 7 nitrogen and oxygen atoms in total. The highest BCUT2D eigenvalue weighted by atomic mass is 32.2. The van der Waals surface area contributed by atoms with Crippen LogP contribution in [0.1, 0.15) is 11.1 Å². The molecule has 140 valence electrons. The number of methoxy groups -OCH3 is 1. The molecule has 3 rings (SSSR count). The summed E-state index contributed by atoms with van der Waals surface area (Å²) in [7, 11) is 1.55. The van der Waals surface area contributed by atoms with Crippen molar-refractivity contribution in [2.75, 3.05) is 12.9 Å². The van der Waals surface area contributed by atoms with E-state index in [2.05, 4.69) is 15.8 Å². The average molecular weight is 385 g/mol. The van der Waals surface area contributed by atoms with Crippen LogP contribution >= 0.6 is 11.8 Å². The summed E-state index contributed by atoms with van der Waals surface area (Å²) in [5, 5.41) is 0.405. The second kappa shape index (κ2) is 8.59. The number of rotatable bonds is 6. The first kappa shape index (κ1) is 18.8. The molecule has 0 aliphatic heterocycles. The van der Waals surface area contributed by atoms with Crippen LogP contribution in [-0.4, -0.2) is 29.7 Å². The van der Waals surface area contributed by atoms with Gasteiger partial charge in [-0.1, -0.05) is 41.6 Å². The van der Waals surface area contributed by atoms with E-state index in [1.54, 1.807) is 7.11 Å². The monoisotopic (exact) mass is 385 g/mol. The number of carbonyl (C=O) groups excluding carboxylic acids is 2. The van der Waals surface area contributed by atoms with Crippen molar-refractivity contribution >= 4 is 34.7 Å². The van der Waals surface area contributed by atoms with Crippen molar-refractivity contribution in [3.8, 4) is 5.75 Å². The number of hydrogen-bond donors (Lipinski definition) is 2. The standard InChI is InChI=1S/C19H19N3O4S/c1-12-7-8-15(25-2)13(9-12)10-17(23)21-22-18(24)11-27-19-20-14-5-3-4-6-16(14)26-19/h3-9H,10-11H2,1-2H3,(H,21,23)(H,22,24). The fourth-order valence-electron chi connectivity index (χ4n) is 2.48. The number of thioether (sulfide) groups is 1. The molecular formula is C19H19N3O4S. The van der Waals surface area contributed by atoms with Gasteiger partial charge in [-0.25, -0.2) is 4.98 Å². The number of amides is 2. The Morgan fingerprint density at radius 1 is 1.15 bits per heavy atom. The lowest BCUT2D eigenvalue weighted by Crippen LogP contribution is -2.43. The summed E-state index contributed by atoms with van der Waals surface area (Å²) in [5.74, 6) is 0.0143. The third kappa shape index (κ3) is 5.01. The van der Waals surface area contributed by atoms with Crippen LogP contribution < -0.4 is 15.6 Å². The van der Waals surface area contributed by atoms with Gasteiger partial charge in [0.15, 0.2) is 5.58 Å². The summed E-state index contributed by atoms with van der Waals surface area (Å²) >= 11 is 1.16. The lowest BCUT2D eigenvalue weighted by atomic mass is 10.1. The molecule has 27 heavy (non-hydrogen) atoms. The summed E-state index contributed by atoms with van der Waals surface area (Å²) in [5.41, 5.74) is 7.98. The second-order valence-electron chi connectivity index (χ2n) is 5.82. The highest BCUT2D eigenvalue weighted by molar-refractivity contribution is 7.99. The topological polar surface area (TPSA) is 93.5 Å². The van der Waals surface area contributed by atoms with Crippen molar-refractivity contribution < 1.29 is 18.7 Å². The summed E-state index contributed by atoms with van der Waals surface area (Å²) in [6.45, 7) is 1.94. The summed E-state index contributed by atoms with van der Waals surface area (Å²) in [4.78, 5) is 28.3. The first-order chi connectivity index (χ1) is 13.0. The molecule has 0 aliphatic carbocycles. The van der Waals surface area contributed by atoms with Gasteiger partial charge in [0.05, 0.1) is 19.3 Å². The number of benzene rings is 2. The Morgan fingerprint density at radius 3 is 2.70 bits per heavy atom. The first-order valence-electron chi connectivity index (χ1n) is 8.24. The van der Waals surface area contributed by atoms with E-state index in [0.717, 1.165) is 28.4 Å². The number of hydrogen-bond acceptors (Lipinski definition) is 6. The van der Waals surface area contributed by atoms with Gasteiger partial charge in [0.2, 0.25) is 11.8 Å². The van der Waals surface area contributed by atoms with Crippen LogP contribution in [0.25, 0.3) is 11.1 Å². The van der Waals surface area contributed by atoms with Gasteiger partial charge in [0.1, 0.15) is 11.3 Å². The smallest absolute Gasteiger partial charge is 0.257 e. The van der Waals surface area contributed by atoms with E-state index >= 15 is 0 Å². The molecule has 1 heterocycles. The van der Waals surface area contributed by atoms with Crippen molar-refractivity contribution in [1.29, 1.82) is 0 Å². The minimum Gasteiger partial charge on any atom is -0.496 e. The molecule has 2 amide bonds. The molecule has 0 unspecified atom stereocenters. The predicted octanol–water partition coefficient (Wildman–Crippen LogP) is 2.63. The molecular weight excluding hydrogens is 366 g/mol. The molecule has 0 bridgehead atoms. The van der Waals surface area contributed by atoms with Crippen molar-refractivity contribution in [1.82, 2.24) is 15.8 Å². The van der Waals surface area contributed by atoms with Crippen molar-refractivity contribution in [3.05, 3.63) is 53.6 Å². The lowest BCUT2D eigenvalue weighted by Gasteiger charge is -2.10. The third-order valence-corrected chi connectivity index (χ3v) is 4.56. The van der Waals surface area contributed by atoms with Gasteiger partial charge in [-0.3, -0.25) is 20.4 Å². The van der Waals surface area contributed by atoms with Crippen LogP contribution in [-0.2, 0) is 16.0 Å². The van der Waals surface area contributed by atoms with E-state index in [9.17, 15) is 9.59 Å². The molecule has 0 saturated heterocycles. The van der Waals surface area contributed by atoms with Gasteiger partial charge in [0, 0.05) is 5.56 Å². The Labute approximate surface area is 160 Å². The zero-order valence-corrected chi connectivity index (χ0v) is 15.8. The van der Waals surface area contributed by atoms with E-state index in [0.29, 0.717) is 16.6 Å². The molecule has 3 aromatic rings. The SMILES string of the molecule is COc1ccc(C)cc1CC(=O)NNC(=O)CSc1nc2ccccc2o1. The zero-order chi connectivity index (χ0) is 19.2. The fourth-order valence-corrected chi connectivity index (χ4v) is 3.12. The summed E-state index contributed by atoms with van der Waals surface area (Å²) in [6.07, 6.45) is 0.101. The fraction of sp³-hybridized carbons (Fsp3) is 0.211. The molecule has 1 aromatic heterocycles. The van der Waals surface area contributed by atoms with Crippen LogP contribution in [0.3, 0.4) is 0 Å². The maximum Gasteiger partial charge on any atom is 0.257 e. The number of hydrazine groups is 1.